The van der Waals surface area contributed by atoms with Crippen LogP contribution in [0.5, 0.6) is 0 Å². The molecule has 3 rings (SSSR count). The average molecular weight is 240 g/mol. The van der Waals surface area contributed by atoms with Gasteiger partial charge in [0.15, 0.2) is 0 Å². The molecular formula is C13H8N2OS. The van der Waals surface area contributed by atoms with Gasteiger partial charge in [0.1, 0.15) is 22.8 Å². The van der Waals surface area contributed by atoms with Crippen molar-refractivity contribution in [2.45, 2.75) is 0 Å². The zero-order chi connectivity index (χ0) is 11.8. The summed E-state index contributed by atoms with van der Waals surface area (Å²) in [6, 6.07) is 11.7. The molecule has 0 fully saturated rings. The Kier molecular flexibility index (Phi) is 2.13. The standard InChI is InChI=1S/C13H8N2OS/c14-6-13-10(15)5-12(17-13)9-7-16-11-4-2-1-3-8(9)11/h1-5,7H,15H2. The molecule has 0 unspecified atom stereocenters. The lowest BCUT2D eigenvalue weighted by Gasteiger charge is -1.91. The van der Waals surface area contributed by atoms with Crippen molar-refractivity contribution < 1.29 is 4.42 Å². The van der Waals surface area contributed by atoms with Crippen molar-refractivity contribution in [3.63, 3.8) is 0 Å². The number of nitriles is 1. The molecule has 0 atom stereocenters. The Morgan fingerprint density at radius 1 is 1.29 bits per heavy atom. The van der Waals surface area contributed by atoms with E-state index in [1.807, 2.05) is 30.3 Å². The van der Waals surface area contributed by atoms with Crippen molar-refractivity contribution in [1.29, 1.82) is 5.26 Å². The molecule has 2 aromatic heterocycles. The normalized spacial score (nSPS) is 10.5. The first kappa shape index (κ1) is 9.94. The molecule has 1 aromatic carbocycles. The number of para-hydroxylation sites is 1. The molecule has 2 N–H and O–H groups in total. The Balaban J connectivity index is 2.24. The fourth-order valence-electron chi connectivity index (χ4n) is 1.79. The van der Waals surface area contributed by atoms with Crippen LogP contribution in [0.1, 0.15) is 4.88 Å². The lowest BCUT2D eigenvalue weighted by Crippen LogP contribution is -1.81. The molecule has 0 amide bonds. The van der Waals surface area contributed by atoms with E-state index in [-0.39, 0.29) is 0 Å². The molecule has 17 heavy (non-hydrogen) atoms. The number of thiophene rings is 1. The summed E-state index contributed by atoms with van der Waals surface area (Å²) in [7, 11) is 0. The van der Waals surface area contributed by atoms with Gasteiger partial charge < -0.3 is 10.2 Å². The minimum Gasteiger partial charge on any atom is -0.464 e. The van der Waals surface area contributed by atoms with Crippen LogP contribution in [0.15, 0.2) is 41.0 Å². The molecule has 4 heteroatoms. The fourth-order valence-corrected chi connectivity index (χ4v) is 2.69. The zero-order valence-corrected chi connectivity index (χ0v) is 9.62. The first-order valence-corrected chi connectivity index (χ1v) is 5.87. The molecule has 3 nitrogen and oxygen atoms in total. The molecule has 0 saturated carbocycles. The second-order valence-corrected chi connectivity index (χ2v) is 4.70. The Morgan fingerprint density at radius 2 is 2.12 bits per heavy atom. The topological polar surface area (TPSA) is 63.0 Å². The highest BCUT2D eigenvalue weighted by molar-refractivity contribution is 7.16. The summed E-state index contributed by atoms with van der Waals surface area (Å²) in [5, 5.41) is 9.94. The lowest BCUT2D eigenvalue weighted by molar-refractivity contribution is 0.617. The van der Waals surface area contributed by atoms with Gasteiger partial charge in [0.2, 0.25) is 0 Å². The quantitative estimate of drug-likeness (QED) is 0.706. The molecule has 82 valence electrons. The number of hydrogen-bond donors (Lipinski definition) is 1. The SMILES string of the molecule is N#Cc1sc(-c2coc3ccccc23)cc1N. The number of furan rings is 1. The second kappa shape index (κ2) is 3.65. The van der Waals surface area contributed by atoms with Crippen molar-refractivity contribution in [2.75, 3.05) is 5.73 Å². The number of anilines is 1. The van der Waals surface area contributed by atoms with Crippen LogP contribution in [-0.2, 0) is 0 Å². The van der Waals surface area contributed by atoms with Crippen LogP contribution in [0.25, 0.3) is 21.4 Å². The molecule has 0 bridgehead atoms. The molecule has 0 aliphatic heterocycles. The van der Waals surface area contributed by atoms with Crippen LogP contribution in [-0.4, -0.2) is 0 Å². The van der Waals surface area contributed by atoms with Gasteiger partial charge in [0, 0.05) is 15.8 Å². The van der Waals surface area contributed by atoms with Crippen LogP contribution in [0.4, 0.5) is 5.69 Å². The molecular weight excluding hydrogens is 232 g/mol. The van der Waals surface area contributed by atoms with E-state index in [1.54, 1.807) is 6.26 Å². The van der Waals surface area contributed by atoms with Gasteiger partial charge in [0.05, 0.1) is 5.69 Å². The van der Waals surface area contributed by atoms with E-state index in [0.717, 1.165) is 21.4 Å². The van der Waals surface area contributed by atoms with Crippen molar-refractivity contribution in [3.8, 4) is 16.5 Å². The predicted molar refractivity (Wildman–Crippen MR) is 68.7 cm³/mol. The maximum atomic E-state index is 8.90. The Bertz CT molecular complexity index is 733. The Morgan fingerprint density at radius 3 is 2.88 bits per heavy atom. The first-order chi connectivity index (χ1) is 8.29. The Hall–Kier alpha value is -2.25. The highest BCUT2D eigenvalue weighted by atomic mass is 32.1. The van der Waals surface area contributed by atoms with E-state index >= 15 is 0 Å². The number of rotatable bonds is 1. The largest absolute Gasteiger partial charge is 0.464 e. The summed E-state index contributed by atoms with van der Waals surface area (Å²) >= 11 is 1.39. The number of fused-ring (bicyclic) bond motifs is 1. The van der Waals surface area contributed by atoms with E-state index in [9.17, 15) is 0 Å². The molecule has 0 aliphatic carbocycles. The lowest BCUT2D eigenvalue weighted by atomic mass is 10.1. The fraction of sp³-hybridized carbons (Fsp3) is 0. The molecule has 2 heterocycles. The maximum absolute atomic E-state index is 8.90. The molecule has 3 aromatic rings. The summed E-state index contributed by atoms with van der Waals surface area (Å²) in [5.41, 5.74) is 8.11. The monoisotopic (exact) mass is 240 g/mol. The molecule has 0 spiro atoms. The summed E-state index contributed by atoms with van der Waals surface area (Å²) in [4.78, 5) is 1.51. The summed E-state index contributed by atoms with van der Waals surface area (Å²) in [6.45, 7) is 0. The first-order valence-electron chi connectivity index (χ1n) is 5.05. The average Bonchev–Trinajstić information content (AvgIpc) is 2.92. The smallest absolute Gasteiger partial charge is 0.134 e. The van der Waals surface area contributed by atoms with Gasteiger partial charge in [-0.3, -0.25) is 0 Å². The van der Waals surface area contributed by atoms with Crippen molar-refractivity contribution in [2.24, 2.45) is 0 Å². The predicted octanol–water partition coefficient (Wildman–Crippen LogP) is 3.62. The van der Waals surface area contributed by atoms with Gasteiger partial charge in [-0.1, -0.05) is 18.2 Å². The molecule has 0 radical (unpaired) electrons. The van der Waals surface area contributed by atoms with Gasteiger partial charge in [-0.25, -0.2) is 0 Å². The zero-order valence-electron chi connectivity index (χ0n) is 8.81. The number of nitrogens with two attached hydrogens (primary N) is 1. The summed E-state index contributed by atoms with van der Waals surface area (Å²) in [6.07, 6.45) is 1.71. The maximum Gasteiger partial charge on any atom is 0.134 e. The third-order valence-electron chi connectivity index (χ3n) is 2.61. The van der Waals surface area contributed by atoms with Crippen LogP contribution in [0, 0.1) is 11.3 Å². The van der Waals surface area contributed by atoms with Crippen LogP contribution < -0.4 is 5.73 Å². The number of nitrogens with zero attached hydrogens (tertiary/aromatic N) is 1. The Labute approximate surface area is 102 Å². The number of hydrogen-bond acceptors (Lipinski definition) is 4. The number of nitrogen functional groups attached to an aromatic ring is 1. The van der Waals surface area contributed by atoms with Crippen LogP contribution in [0.3, 0.4) is 0 Å². The van der Waals surface area contributed by atoms with Gasteiger partial charge in [0.25, 0.3) is 0 Å². The van der Waals surface area contributed by atoms with E-state index in [4.69, 9.17) is 15.4 Å². The van der Waals surface area contributed by atoms with Gasteiger partial charge in [-0.15, -0.1) is 11.3 Å². The van der Waals surface area contributed by atoms with Crippen molar-refractivity contribution >= 4 is 28.0 Å². The van der Waals surface area contributed by atoms with E-state index in [2.05, 4.69) is 6.07 Å². The van der Waals surface area contributed by atoms with Gasteiger partial charge in [-0.05, 0) is 12.1 Å². The van der Waals surface area contributed by atoms with Crippen molar-refractivity contribution in [1.82, 2.24) is 0 Å². The van der Waals surface area contributed by atoms with Gasteiger partial charge in [-0.2, -0.15) is 5.26 Å². The third kappa shape index (κ3) is 1.49. The third-order valence-corrected chi connectivity index (χ3v) is 3.70. The minimum atomic E-state index is 0.526. The van der Waals surface area contributed by atoms with Crippen LogP contribution in [0.2, 0.25) is 0 Å². The van der Waals surface area contributed by atoms with Crippen molar-refractivity contribution in [3.05, 3.63) is 41.5 Å². The van der Waals surface area contributed by atoms with E-state index < -0.39 is 0 Å². The highest BCUT2D eigenvalue weighted by Gasteiger charge is 2.12. The second-order valence-electron chi connectivity index (χ2n) is 3.65. The highest BCUT2D eigenvalue weighted by Crippen LogP contribution is 2.37. The van der Waals surface area contributed by atoms with Crippen LogP contribution >= 0.6 is 11.3 Å². The van der Waals surface area contributed by atoms with Gasteiger partial charge >= 0.3 is 0 Å². The molecule has 0 aliphatic rings. The molecule has 0 saturated heterocycles. The summed E-state index contributed by atoms with van der Waals surface area (Å²) < 4.78 is 5.47. The number of benzene rings is 1. The minimum absolute atomic E-state index is 0.526. The summed E-state index contributed by atoms with van der Waals surface area (Å²) in [5.74, 6) is 0. The van der Waals surface area contributed by atoms with E-state index in [0.29, 0.717) is 10.6 Å². The van der Waals surface area contributed by atoms with E-state index in [1.165, 1.54) is 11.3 Å².